The van der Waals surface area contributed by atoms with Crippen molar-refractivity contribution in [2.45, 2.75) is 12.8 Å². The lowest BCUT2D eigenvalue weighted by atomic mass is 10.3. The van der Waals surface area contributed by atoms with Crippen LogP contribution in [0.25, 0.3) is 0 Å². The fourth-order valence-electron chi connectivity index (χ4n) is 1.62. The summed E-state index contributed by atoms with van der Waals surface area (Å²) in [6, 6.07) is 17.3. The Morgan fingerprint density at radius 1 is 0.800 bits per heavy atom. The Hall–Kier alpha value is -1.81. The van der Waals surface area contributed by atoms with Gasteiger partial charge in [-0.3, -0.25) is 0 Å². The summed E-state index contributed by atoms with van der Waals surface area (Å²) in [5.74, 6) is 1.77. The fourth-order valence-corrected chi connectivity index (χ4v) is 1.85. The molecule has 0 aromatic heterocycles. The average Bonchev–Trinajstić information content (AvgIpc) is 2.52. The normalized spacial score (nSPS) is 10.8. The molecule has 0 unspecified atom stereocenters. The molecule has 0 fully saturated rings. The van der Waals surface area contributed by atoms with E-state index >= 15 is 0 Å². The van der Waals surface area contributed by atoms with Crippen LogP contribution in [0.1, 0.15) is 12.8 Å². The molecule has 0 atom stereocenters. The lowest BCUT2D eigenvalue weighted by Gasteiger charge is -2.05. The highest BCUT2D eigenvalue weighted by molar-refractivity contribution is 7.80. The minimum Gasteiger partial charge on any atom is -0.494 e. The van der Waals surface area contributed by atoms with Gasteiger partial charge in [-0.15, -0.1) is 0 Å². The quantitative estimate of drug-likeness (QED) is 0.424. The molecule has 0 amide bonds. The van der Waals surface area contributed by atoms with Crippen molar-refractivity contribution in [3.8, 4) is 5.75 Å². The first-order valence-corrected chi connectivity index (χ1v) is 7.32. The van der Waals surface area contributed by atoms with Gasteiger partial charge in [0.05, 0.1) is 18.0 Å². The Kier molecular flexibility index (Phi) is 6.11. The zero-order valence-electron chi connectivity index (χ0n) is 11.3. The van der Waals surface area contributed by atoms with E-state index in [9.17, 15) is 0 Å². The molecule has 0 aliphatic carbocycles. The highest BCUT2D eigenvalue weighted by atomic mass is 32.1. The summed E-state index contributed by atoms with van der Waals surface area (Å²) in [6.07, 6.45) is 2.10. The van der Waals surface area contributed by atoms with E-state index in [2.05, 4.69) is 22.9 Å². The van der Waals surface area contributed by atoms with E-state index in [1.54, 1.807) is 0 Å². The second-order valence-electron chi connectivity index (χ2n) is 4.31. The third-order valence-corrected chi connectivity index (χ3v) is 3.01. The molecule has 104 valence electrons. The molecule has 2 aromatic rings. The fraction of sp³-hybridized carbons (Fsp3) is 0.250. The van der Waals surface area contributed by atoms with Gasteiger partial charge in [0.2, 0.25) is 0 Å². The smallest absolute Gasteiger partial charge is 0.119 e. The highest BCUT2D eigenvalue weighted by Gasteiger charge is 1.95. The number of hydrogen-bond acceptors (Lipinski definition) is 4. The van der Waals surface area contributed by atoms with Crippen molar-refractivity contribution >= 4 is 24.0 Å². The van der Waals surface area contributed by atoms with Crippen LogP contribution in [-0.4, -0.2) is 12.4 Å². The van der Waals surface area contributed by atoms with Crippen LogP contribution in [0.4, 0.5) is 11.4 Å². The largest absolute Gasteiger partial charge is 0.494 e. The number of unbranched alkanes of at least 4 members (excludes halogenated alkanes) is 1. The number of nitrogens with zero attached hydrogens (tertiary/aromatic N) is 2. The molecule has 0 bridgehead atoms. The SMILES string of the molecule is SCCCCOc1ccc(/N=N/c2ccccc2)cc1. The summed E-state index contributed by atoms with van der Waals surface area (Å²) in [5, 5.41) is 8.36. The summed E-state index contributed by atoms with van der Waals surface area (Å²) in [5.41, 5.74) is 1.66. The van der Waals surface area contributed by atoms with Gasteiger partial charge in [-0.1, -0.05) is 18.2 Å². The molecule has 0 saturated heterocycles. The molecule has 2 rings (SSSR count). The van der Waals surface area contributed by atoms with Gasteiger partial charge in [0.1, 0.15) is 5.75 Å². The molecule has 0 saturated carbocycles. The maximum Gasteiger partial charge on any atom is 0.119 e. The first-order chi connectivity index (χ1) is 9.88. The molecule has 3 nitrogen and oxygen atoms in total. The van der Waals surface area contributed by atoms with Gasteiger partial charge in [0.25, 0.3) is 0 Å². The van der Waals surface area contributed by atoms with Crippen LogP contribution in [0.2, 0.25) is 0 Å². The topological polar surface area (TPSA) is 34.0 Å². The second-order valence-corrected chi connectivity index (χ2v) is 4.76. The van der Waals surface area contributed by atoms with E-state index < -0.39 is 0 Å². The van der Waals surface area contributed by atoms with Gasteiger partial charge in [-0.2, -0.15) is 22.9 Å². The minimum absolute atomic E-state index is 0.728. The van der Waals surface area contributed by atoms with E-state index in [0.717, 1.165) is 42.3 Å². The Labute approximate surface area is 125 Å². The van der Waals surface area contributed by atoms with Crippen molar-refractivity contribution in [3.05, 3.63) is 54.6 Å². The number of thiol groups is 1. The molecule has 0 spiro atoms. The third kappa shape index (κ3) is 5.05. The van der Waals surface area contributed by atoms with Crippen LogP contribution in [0.3, 0.4) is 0 Å². The standard InChI is InChI=1S/C16H18N2OS/c20-13-5-4-12-19-16-10-8-15(9-11-16)18-17-14-6-2-1-3-7-14/h1-3,6-11,20H,4-5,12-13H2/b18-17+. The van der Waals surface area contributed by atoms with E-state index in [0.29, 0.717) is 0 Å². The Bertz CT molecular complexity index is 526. The molecule has 0 heterocycles. The van der Waals surface area contributed by atoms with Crippen molar-refractivity contribution < 1.29 is 4.74 Å². The zero-order chi connectivity index (χ0) is 14.0. The van der Waals surface area contributed by atoms with Crippen molar-refractivity contribution in [2.75, 3.05) is 12.4 Å². The van der Waals surface area contributed by atoms with Crippen molar-refractivity contribution in [3.63, 3.8) is 0 Å². The maximum atomic E-state index is 5.62. The predicted molar refractivity (Wildman–Crippen MR) is 85.6 cm³/mol. The average molecular weight is 286 g/mol. The summed E-state index contributed by atoms with van der Waals surface area (Å²) in [4.78, 5) is 0. The molecule has 2 aromatic carbocycles. The lowest BCUT2D eigenvalue weighted by molar-refractivity contribution is 0.310. The predicted octanol–water partition coefficient (Wildman–Crippen LogP) is 5.19. The van der Waals surface area contributed by atoms with Gasteiger partial charge >= 0.3 is 0 Å². The molecule has 0 aliphatic rings. The summed E-state index contributed by atoms with van der Waals surface area (Å²) in [6.45, 7) is 0.728. The van der Waals surface area contributed by atoms with E-state index in [-0.39, 0.29) is 0 Å². The van der Waals surface area contributed by atoms with Gasteiger partial charge in [-0.25, -0.2) is 0 Å². The van der Waals surface area contributed by atoms with Crippen LogP contribution in [0.15, 0.2) is 64.8 Å². The highest BCUT2D eigenvalue weighted by Crippen LogP contribution is 2.21. The van der Waals surface area contributed by atoms with Gasteiger partial charge in [0.15, 0.2) is 0 Å². The number of azo groups is 1. The summed E-state index contributed by atoms with van der Waals surface area (Å²) < 4.78 is 5.62. The Morgan fingerprint density at radius 3 is 2.10 bits per heavy atom. The van der Waals surface area contributed by atoms with E-state index in [1.165, 1.54) is 0 Å². The summed E-state index contributed by atoms with van der Waals surface area (Å²) >= 11 is 4.17. The zero-order valence-corrected chi connectivity index (χ0v) is 12.2. The van der Waals surface area contributed by atoms with Gasteiger partial charge in [0, 0.05) is 0 Å². The molecular formula is C16H18N2OS. The molecule has 0 N–H and O–H groups in total. The number of benzene rings is 2. The van der Waals surface area contributed by atoms with Crippen molar-refractivity contribution in [1.82, 2.24) is 0 Å². The summed E-state index contributed by atoms with van der Waals surface area (Å²) in [7, 11) is 0. The van der Waals surface area contributed by atoms with E-state index in [1.807, 2.05) is 54.6 Å². The van der Waals surface area contributed by atoms with Crippen LogP contribution in [0.5, 0.6) is 5.75 Å². The van der Waals surface area contributed by atoms with Crippen molar-refractivity contribution in [2.24, 2.45) is 10.2 Å². The van der Waals surface area contributed by atoms with Crippen LogP contribution < -0.4 is 4.74 Å². The Balaban J connectivity index is 1.87. The molecular weight excluding hydrogens is 268 g/mol. The molecule has 20 heavy (non-hydrogen) atoms. The van der Waals surface area contributed by atoms with Crippen LogP contribution in [0, 0.1) is 0 Å². The first kappa shape index (κ1) is 14.6. The van der Waals surface area contributed by atoms with Gasteiger partial charge in [-0.05, 0) is 55.0 Å². The van der Waals surface area contributed by atoms with E-state index in [4.69, 9.17) is 4.74 Å². The number of ether oxygens (including phenoxy) is 1. The van der Waals surface area contributed by atoms with Crippen LogP contribution in [-0.2, 0) is 0 Å². The first-order valence-electron chi connectivity index (χ1n) is 6.69. The molecule has 4 heteroatoms. The number of hydrogen-bond donors (Lipinski definition) is 1. The monoisotopic (exact) mass is 286 g/mol. The van der Waals surface area contributed by atoms with Crippen molar-refractivity contribution in [1.29, 1.82) is 0 Å². The maximum absolute atomic E-state index is 5.62. The minimum atomic E-state index is 0.728. The second kappa shape index (κ2) is 8.38. The Morgan fingerprint density at radius 2 is 1.45 bits per heavy atom. The lowest BCUT2D eigenvalue weighted by Crippen LogP contribution is -1.97. The number of rotatable bonds is 7. The van der Waals surface area contributed by atoms with Crippen LogP contribution >= 0.6 is 12.6 Å². The van der Waals surface area contributed by atoms with Gasteiger partial charge < -0.3 is 4.74 Å². The third-order valence-electron chi connectivity index (χ3n) is 2.70. The molecule has 0 aliphatic heterocycles. The molecule has 0 radical (unpaired) electrons.